The molecule has 19 heavy (non-hydrogen) atoms. The predicted molar refractivity (Wildman–Crippen MR) is 79.0 cm³/mol. The smallest absolute Gasteiger partial charge is 0.222 e. The average Bonchev–Trinajstić information content (AvgIpc) is 2.40. The van der Waals surface area contributed by atoms with Gasteiger partial charge in [0.05, 0.1) is 6.10 Å². The highest BCUT2D eigenvalue weighted by molar-refractivity contribution is 9.10. The number of nitrogens with zero attached hydrogens (tertiary/aromatic N) is 1. The molecule has 0 unspecified atom stereocenters. The second-order valence-corrected chi connectivity index (χ2v) is 6.10. The predicted octanol–water partition coefficient (Wildman–Crippen LogP) is 2.67. The molecule has 0 saturated carbocycles. The van der Waals surface area contributed by atoms with Crippen molar-refractivity contribution in [3.63, 3.8) is 0 Å². The second-order valence-electron chi connectivity index (χ2n) is 5.18. The Morgan fingerprint density at radius 2 is 2.11 bits per heavy atom. The topological polar surface area (TPSA) is 40.5 Å². The van der Waals surface area contributed by atoms with E-state index < -0.39 is 0 Å². The van der Waals surface area contributed by atoms with Crippen molar-refractivity contribution >= 4 is 21.8 Å². The third-order valence-corrected chi connectivity index (χ3v) is 4.23. The largest absolute Gasteiger partial charge is 0.393 e. The number of rotatable bonds is 3. The summed E-state index contributed by atoms with van der Waals surface area (Å²) in [5.41, 5.74) is 2.45. The lowest BCUT2D eigenvalue weighted by Crippen LogP contribution is -2.40. The summed E-state index contributed by atoms with van der Waals surface area (Å²) in [7, 11) is 0. The van der Waals surface area contributed by atoms with Crippen molar-refractivity contribution in [3.8, 4) is 0 Å². The van der Waals surface area contributed by atoms with E-state index in [1.165, 1.54) is 11.1 Å². The molecule has 1 heterocycles. The number of carbonyl (C=O) groups is 1. The van der Waals surface area contributed by atoms with E-state index in [1.54, 1.807) is 0 Å². The molecule has 0 aromatic heterocycles. The first-order valence-corrected chi connectivity index (χ1v) is 7.56. The molecule has 0 bridgehead atoms. The minimum atomic E-state index is -0.226. The third-order valence-electron chi connectivity index (χ3n) is 3.74. The molecule has 0 atom stereocenters. The molecule has 0 aliphatic carbocycles. The Bertz CT molecular complexity index is 453. The minimum Gasteiger partial charge on any atom is -0.393 e. The Hall–Kier alpha value is -0.870. The fourth-order valence-electron chi connectivity index (χ4n) is 2.42. The van der Waals surface area contributed by atoms with E-state index in [0.29, 0.717) is 32.4 Å². The van der Waals surface area contributed by atoms with Crippen LogP contribution >= 0.6 is 15.9 Å². The molecule has 3 nitrogen and oxygen atoms in total. The van der Waals surface area contributed by atoms with E-state index in [0.717, 1.165) is 10.9 Å². The van der Waals surface area contributed by atoms with Crippen LogP contribution in [0.1, 0.15) is 30.4 Å². The van der Waals surface area contributed by atoms with Crippen LogP contribution in [0.2, 0.25) is 0 Å². The molecular formula is C15H20BrNO2. The van der Waals surface area contributed by atoms with Gasteiger partial charge in [-0.1, -0.05) is 22.0 Å². The molecule has 2 rings (SSSR count). The Morgan fingerprint density at radius 1 is 1.42 bits per heavy atom. The zero-order valence-electron chi connectivity index (χ0n) is 11.2. The van der Waals surface area contributed by atoms with Crippen LogP contribution in [0.15, 0.2) is 22.7 Å². The molecule has 0 spiro atoms. The Labute approximate surface area is 122 Å². The Balaban J connectivity index is 1.88. The second kappa shape index (κ2) is 6.53. The van der Waals surface area contributed by atoms with Crippen molar-refractivity contribution in [1.29, 1.82) is 0 Å². The number of aryl methyl sites for hydroxylation is 2. The normalized spacial score (nSPS) is 16.7. The first-order valence-electron chi connectivity index (χ1n) is 6.77. The highest BCUT2D eigenvalue weighted by Crippen LogP contribution is 2.18. The van der Waals surface area contributed by atoms with E-state index in [2.05, 4.69) is 35.0 Å². The van der Waals surface area contributed by atoms with Crippen molar-refractivity contribution in [3.05, 3.63) is 33.8 Å². The number of halogens is 1. The third kappa shape index (κ3) is 4.05. The Kier molecular flexibility index (Phi) is 4.99. The number of likely N-dealkylation sites (tertiary alicyclic amines) is 1. The van der Waals surface area contributed by atoms with E-state index in [9.17, 15) is 9.90 Å². The van der Waals surface area contributed by atoms with Gasteiger partial charge in [0.1, 0.15) is 0 Å². The van der Waals surface area contributed by atoms with Gasteiger partial charge in [-0.15, -0.1) is 0 Å². The van der Waals surface area contributed by atoms with E-state index in [4.69, 9.17) is 0 Å². The van der Waals surface area contributed by atoms with Crippen molar-refractivity contribution in [1.82, 2.24) is 4.90 Å². The number of benzene rings is 1. The van der Waals surface area contributed by atoms with Gasteiger partial charge in [0, 0.05) is 24.0 Å². The zero-order chi connectivity index (χ0) is 13.8. The minimum absolute atomic E-state index is 0.200. The summed E-state index contributed by atoms with van der Waals surface area (Å²) in [6.07, 6.45) is 2.52. The quantitative estimate of drug-likeness (QED) is 0.928. The van der Waals surface area contributed by atoms with Crippen LogP contribution in [0.25, 0.3) is 0 Å². The number of amides is 1. The van der Waals surface area contributed by atoms with Gasteiger partial charge in [-0.3, -0.25) is 4.79 Å². The maximum Gasteiger partial charge on any atom is 0.222 e. The number of hydrogen-bond donors (Lipinski definition) is 1. The van der Waals surface area contributed by atoms with Gasteiger partial charge in [-0.05, 0) is 49.4 Å². The molecular weight excluding hydrogens is 306 g/mol. The molecule has 1 aromatic rings. The average molecular weight is 326 g/mol. The van der Waals surface area contributed by atoms with Gasteiger partial charge < -0.3 is 10.0 Å². The molecule has 0 radical (unpaired) electrons. The standard InChI is InChI=1S/C15H20BrNO2/c1-11-2-4-13(16)10-12(11)3-5-15(19)17-8-6-14(18)7-9-17/h2,4,10,14,18H,3,5-9H2,1H3. The van der Waals surface area contributed by atoms with Gasteiger partial charge in [0.2, 0.25) is 5.91 Å². The summed E-state index contributed by atoms with van der Waals surface area (Å²) in [6, 6.07) is 6.18. The molecule has 1 aliphatic rings. The highest BCUT2D eigenvalue weighted by atomic mass is 79.9. The van der Waals surface area contributed by atoms with Crippen LogP contribution in [0.5, 0.6) is 0 Å². The number of hydrogen-bond acceptors (Lipinski definition) is 2. The maximum atomic E-state index is 12.1. The van der Waals surface area contributed by atoms with Crippen LogP contribution in [0.3, 0.4) is 0 Å². The number of aliphatic hydroxyl groups is 1. The van der Waals surface area contributed by atoms with Gasteiger partial charge in [-0.25, -0.2) is 0 Å². The zero-order valence-corrected chi connectivity index (χ0v) is 12.8. The number of carbonyl (C=O) groups excluding carboxylic acids is 1. The fraction of sp³-hybridized carbons (Fsp3) is 0.533. The molecule has 4 heteroatoms. The number of aliphatic hydroxyl groups excluding tert-OH is 1. The van der Waals surface area contributed by atoms with Crippen LogP contribution in [-0.4, -0.2) is 35.1 Å². The van der Waals surface area contributed by atoms with Crippen LogP contribution < -0.4 is 0 Å². The van der Waals surface area contributed by atoms with Crippen molar-refractivity contribution in [2.24, 2.45) is 0 Å². The van der Waals surface area contributed by atoms with Gasteiger partial charge >= 0.3 is 0 Å². The summed E-state index contributed by atoms with van der Waals surface area (Å²) in [5.74, 6) is 0.200. The molecule has 1 fully saturated rings. The first kappa shape index (κ1) is 14.5. The summed E-state index contributed by atoms with van der Waals surface area (Å²) >= 11 is 3.46. The number of piperidine rings is 1. The van der Waals surface area contributed by atoms with Crippen molar-refractivity contribution < 1.29 is 9.90 Å². The van der Waals surface area contributed by atoms with E-state index in [-0.39, 0.29) is 12.0 Å². The monoisotopic (exact) mass is 325 g/mol. The lowest BCUT2D eigenvalue weighted by atomic mass is 10.0. The molecule has 1 aromatic carbocycles. The summed E-state index contributed by atoms with van der Waals surface area (Å²) in [6.45, 7) is 3.46. The van der Waals surface area contributed by atoms with E-state index >= 15 is 0 Å². The molecule has 104 valence electrons. The van der Waals surface area contributed by atoms with Crippen molar-refractivity contribution in [2.75, 3.05) is 13.1 Å². The SMILES string of the molecule is Cc1ccc(Br)cc1CCC(=O)N1CCC(O)CC1. The van der Waals surface area contributed by atoms with Crippen LogP contribution in [0, 0.1) is 6.92 Å². The maximum absolute atomic E-state index is 12.1. The van der Waals surface area contributed by atoms with Crippen molar-refractivity contribution in [2.45, 2.75) is 38.7 Å². The fourth-order valence-corrected chi connectivity index (χ4v) is 2.83. The van der Waals surface area contributed by atoms with Gasteiger partial charge in [0.15, 0.2) is 0 Å². The van der Waals surface area contributed by atoms with E-state index in [1.807, 2.05) is 11.0 Å². The highest BCUT2D eigenvalue weighted by Gasteiger charge is 2.20. The van der Waals surface area contributed by atoms with Gasteiger partial charge in [0.25, 0.3) is 0 Å². The lowest BCUT2D eigenvalue weighted by molar-refractivity contribution is -0.133. The summed E-state index contributed by atoms with van der Waals surface area (Å²) in [5, 5.41) is 9.44. The molecule has 1 N–H and O–H groups in total. The summed E-state index contributed by atoms with van der Waals surface area (Å²) < 4.78 is 1.06. The molecule has 1 amide bonds. The molecule has 1 aliphatic heterocycles. The first-order chi connectivity index (χ1) is 9.06. The van der Waals surface area contributed by atoms with Gasteiger partial charge in [-0.2, -0.15) is 0 Å². The summed E-state index contributed by atoms with van der Waals surface area (Å²) in [4.78, 5) is 14.0. The van der Waals surface area contributed by atoms with Crippen LogP contribution in [0.4, 0.5) is 0 Å². The molecule has 1 saturated heterocycles. The van der Waals surface area contributed by atoms with Crippen LogP contribution in [-0.2, 0) is 11.2 Å². The Morgan fingerprint density at radius 3 is 2.79 bits per heavy atom. The lowest BCUT2D eigenvalue weighted by Gasteiger charge is -2.29.